The van der Waals surface area contributed by atoms with Gasteiger partial charge in [-0.05, 0) is 13.8 Å². The second-order valence-corrected chi connectivity index (χ2v) is 6.10. The average Bonchev–Trinajstić information content (AvgIpc) is 2.92. The molecular weight excluding hydrogens is 433 g/mol. The quantitative estimate of drug-likeness (QED) is 0.304. The fourth-order valence-electron chi connectivity index (χ4n) is 1.90. The van der Waals surface area contributed by atoms with Crippen molar-refractivity contribution in [2.45, 2.75) is 39.2 Å². The van der Waals surface area contributed by atoms with Gasteiger partial charge in [-0.15, -0.1) is 0 Å². The molecule has 0 N–H and O–H groups in total. The highest BCUT2D eigenvalue weighted by atomic mass is 19.4. The summed E-state index contributed by atoms with van der Waals surface area (Å²) >= 11 is 0. The Morgan fingerprint density at radius 1 is 1.03 bits per heavy atom. The Hall–Kier alpha value is -3.64. The standard InChI is InChI=1S/C18H17F3O10/c1-7(2)14(23)27-6-10(29-15(24)8(3)4)11-12(28-9(5)22)13(16(25)30-11)31-17(26)18(19,20)21/h10-11H,1,3,6H2,2,4-5H3. The number of carbonyl (C=O) groups is 5. The van der Waals surface area contributed by atoms with Crippen molar-refractivity contribution in [3.05, 3.63) is 35.8 Å². The SMILES string of the molecule is C=C(C)C(=O)OCC(OC(=O)C(=C)C)C1OC(=O)C(OC(=O)C(F)(F)F)=C1OC(C)=O. The molecule has 10 nitrogen and oxygen atoms in total. The van der Waals surface area contributed by atoms with Crippen LogP contribution >= 0.6 is 0 Å². The molecule has 0 radical (unpaired) electrons. The summed E-state index contributed by atoms with van der Waals surface area (Å²) in [6, 6.07) is 0. The molecule has 170 valence electrons. The van der Waals surface area contributed by atoms with Gasteiger partial charge in [0.1, 0.15) is 6.61 Å². The third-order valence-electron chi connectivity index (χ3n) is 3.25. The van der Waals surface area contributed by atoms with Gasteiger partial charge in [-0.2, -0.15) is 13.2 Å². The van der Waals surface area contributed by atoms with E-state index in [4.69, 9.17) is 14.2 Å². The molecule has 0 amide bonds. The number of alkyl halides is 3. The molecular formula is C18H17F3O10. The highest BCUT2D eigenvalue weighted by molar-refractivity contribution is 5.94. The summed E-state index contributed by atoms with van der Waals surface area (Å²) in [5, 5.41) is 0. The molecule has 0 saturated heterocycles. The fourth-order valence-corrected chi connectivity index (χ4v) is 1.90. The molecule has 2 atom stereocenters. The van der Waals surface area contributed by atoms with Crippen LogP contribution in [0.25, 0.3) is 0 Å². The van der Waals surface area contributed by atoms with Gasteiger partial charge >= 0.3 is 36.0 Å². The van der Waals surface area contributed by atoms with Gasteiger partial charge in [-0.25, -0.2) is 19.2 Å². The molecule has 0 aromatic rings. The van der Waals surface area contributed by atoms with Gasteiger partial charge in [0.2, 0.25) is 11.9 Å². The van der Waals surface area contributed by atoms with Gasteiger partial charge in [0, 0.05) is 18.1 Å². The molecule has 0 spiro atoms. The van der Waals surface area contributed by atoms with Gasteiger partial charge in [0.15, 0.2) is 6.10 Å². The topological polar surface area (TPSA) is 132 Å². The first-order chi connectivity index (χ1) is 14.1. The van der Waals surface area contributed by atoms with Crippen molar-refractivity contribution in [1.82, 2.24) is 0 Å². The number of hydrogen-bond donors (Lipinski definition) is 0. The van der Waals surface area contributed by atoms with Gasteiger partial charge in [0.05, 0.1) is 0 Å². The van der Waals surface area contributed by atoms with Gasteiger partial charge < -0.3 is 23.7 Å². The second kappa shape index (κ2) is 9.91. The highest BCUT2D eigenvalue weighted by Gasteiger charge is 2.50. The maximum Gasteiger partial charge on any atom is 0.491 e. The van der Waals surface area contributed by atoms with Crippen molar-refractivity contribution in [2.75, 3.05) is 6.61 Å². The number of hydrogen-bond acceptors (Lipinski definition) is 10. The predicted molar refractivity (Wildman–Crippen MR) is 91.3 cm³/mol. The number of ether oxygens (including phenoxy) is 5. The second-order valence-electron chi connectivity index (χ2n) is 6.10. The van der Waals surface area contributed by atoms with Crippen LogP contribution in [-0.2, 0) is 47.7 Å². The first kappa shape index (κ1) is 25.4. The monoisotopic (exact) mass is 450 g/mol. The Morgan fingerprint density at radius 2 is 1.58 bits per heavy atom. The van der Waals surface area contributed by atoms with E-state index in [2.05, 4.69) is 22.6 Å². The third-order valence-corrected chi connectivity index (χ3v) is 3.25. The van der Waals surface area contributed by atoms with Crippen LogP contribution in [0.15, 0.2) is 35.8 Å². The van der Waals surface area contributed by atoms with E-state index >= 15 is 0 Å². The molecule has 0 saturated carbocycles. The van der Waals surface area contributed by atoms with E-state index in [1.54, 1.807) is 0 Å². The first-order valence-electron chi connectivity index (χ1n) is 8.26. The van der Waals surface area contributed by atoms with Crippen molar-refractivity contribution in [3.63, 3.8) is 0 Å². The number of cyclic esters (lactones) is 1. The van der Waals surface area contributed by atoms with Crippen molar-refractivity contribution in [2.24, 2.45) is 0 Å². The summed E-state index contributed by atoms with van der Waals surface area (Å²) in [5.74, 6) is -9.93. The lowest BCUT2D eigenvalue weighted by atomic mass is 10.1. The normalized spacial score (nSPS) is 16.7. The van der Waals surface area contributed by atoms with Crippen LogP contribution < -0.4 is 0 Å². The Bertz CT molecular complexity index is 868. The summed E-state index contributed by atoms with van der Waals surface area (Å²) in [6.45, 7) is 9.23. The first-order valence-corrected chi connectivity index (χ1v) is 8.26. The summed E-state index contributed by atoms with van der Waals surface area (Å²) in [7, 11) is 0. The molecule has 1 aliphatic rings. The third kappa shape index (κ3) is 6.97. The number of rotatable bonds is 8. The molecule has 1 rings (SSSR count). The minimum absolute atomic E-state index is 0.0519. The number of halogens is 3. The van der Waals surface area contributed by atoms with E-state index in [0.29, 0.717) is 0 Å². The molecule has 0 aliphatic carbocycles. The van der Waals surface area contributed by atoms with E-state index in [9.17, 15) is 37.1 Å². The Morgan fingerprint density at radius 3 is 2.03 bits per heavy atom. The average molecular weight is 450 g/mol. The van der Waals surface area contributed by atoms with E-state index in [1.165, 1.54) is 13.8 Å². The summed E-state index contributed by atoms with van der Waals surface area (Å²) in [6.07, 6.45) is -9.10. The zero-order valence-corrected chi connectivity index (χ0v) is 16.5. The minimum Gasteiger partial charge on any atom is -0.458 e. The van der Waals surface area contributed by atoms with Crippen molar-refractivity contribution >= 4 is 29.8 Å². The molecule has 0 aromatic carbocycles. The lowest BCUT2D eigenvalue weighted by Gasteiger charge is -2.23. The maximum absolute atomic E-state index is 12.5. The molecule has 2 unspecified atom stereocenters. The van der Waals surface area contributed by atoms with E-state index in [0.717, 1.165) is 6.92 Å². The molecule has 1 aliphatic heterocycles. The zero-order chi connectivity index (χ0) is 24.1. The van der Waals surface area contributed by atoms with Crippen LogP contribution in [0.2, 0.25) is 0 Å². The summed E-state index contributed by atoms with van der Waals surface area (Å²) in [5.41, 5.74) is -0.189. The van der Waals surface area contributed by atoms with Crippen molar-refractivity contribution < 1.29 is 60.8 Å². The van der Waals surface area contributed by atoms with Gasteiger partial charge in [-0.1, -0.05) is 13.2 Å². The smallest absolute Gasteiger partial charge is 0.458 e. The van der Waals surface area contributed by atoms with Crippen LogP contribution in [0.3, 0.4) is 0 Å². The maximum atomic E-state index is 12.5. The molecule has 0 bridgehead atoms. The minimum atomic E-state index is -5.49. The van der Waals surface area contributed by atoms with Crippen molar-refractivity contribution in [3.8, 4) is 0 Å². The summed E-state index contributed by atoms with van der Waals surface area (Å²) < 4.78 is 60.8. The Kier molecular flexibility index (Phi) is 8.12. The number of esters is 5. The van der Waals surface area contributed by atoms with Crippen LogP contribution in [-0.4, -0.2) is 54.8 Å². The van der Waals surface area contributed by atoms with E-state index in [-0.39, 0.29) is 11.1 Å². The Balaban J connectivity index is 3.35. The van der Waals surface area contributed by atoms with Gasteiger partial charge in [-0.3, -0.25) is 4.79 Å². The highest BCUT2D eigenvalue weighted by Crippen LogP contribution is 2.31. The zero-order valence-electron chi connectivity index (χ0n) is 16.5. The van der Waals surface area contributed by atoms with Crippen LogP contribution in [0.4, 0.5) is 13.2 Å². The molecule has 31 heavy (non-hydrogen) atoms. The molecule has 0 fully saturated rings. The predicted octanol–water partition coefficient (Wildman–Crippen LogP) is 1.40. The number of carbonyl (C=O) groups excluding carboxylic acids is 5. The van der Waals surface area contributed by atoms with E-state index < -0.39 is 66.4 Å². The molecule has 1 heterocycles. The van der Waals surface area contributed by atoms with Crippen LogP contribution in [0.1, 0.15) is 20.8 Å². The lowest BCUT2D eigenvalue weighted by Crippen LogP contribution is -2.39. The van der Waals surface area contributed by atoms with Crippen LogP contribution in [0.5, 0.6) is 0 Å². The molecule has 0 aromatic heterocycles. The van der Waals surface area contributed by atoms with E-state index in [1.807, 2.05) is 0 Å². The lowest BCUT2D eigenvalue weighted by molar-refractivity contribution is -0.196. The van der Waals surface area contributed by atoms with Crippen LogP contribution in [0, 0.1) is 0 Å². The summed E-state index contributed by atoms with van der Waals surface area (Å²) in [4.78, 5) is 58.1. The van der Waals surface area contributed by atoms with Crippen molar-refractivity contribution in [1.29, 1.82) is 0 Å². The fraction of sp³-hybridized carbons (Fsp3) is 0.389. The molecule has 13 heteroatoms. The largest absolute Gasteiger partial charge is 0.491 e. The Labute approximate surface area is 173 Å². The van der Waals surface area contributed by atoms with Gasteiger partial charge in [0.25, 0.3) is 5.76 Å².